The minimum atomic E-state index is 0.00271. The zero-order valence-electron chi connectivity index (χ0n) is 16.0. The fourth-order valence-corrected chi connectivity index (χ4v) is 4.64. The number of carbonyl (C=O) groups excluding carboxylic acids is 1. The van der Waals surface area contributed by atoms with Gasteiger partial charge >= 0.3 is 0 Å². The monoisotopic (exact) mass is 386 g/mol. The van der Waals surface area contributed by atoms with Gasteiger partial charge in [0.25, 0.3) is 0 Å². The molecule has 1 amide bonds. The summed E-state index contributed by atoms with van der Waals surface area (Å²) in [5.74, 6) is 1.04. The van der Waals surface area contributed by atoms with E-state index in [1.165, 1.54) is 43.1 Å². The third-order valence-electron chi connectivity index (χ3n) is 5.14. The Balaban J connectivity index is 1.68. The Morgan fingerprint density at radius 3 is 2.89 bits per heavy atom. The zero-order chi connectivity index (χ0) is 19.2. The van der Waals surface area contributed by atoms with Crippen molar-refractivity contribution in [1.29, 1.82) is 5.26 Å². The van der Waals surface area contributed by atoms with Crippen LogP contribution in [0.5, 0.6) is 0 Å². The molecule has 144 valence electrons. The molecule has 0 aromatic carbocycles. The van der Waals surface area contributed by atoms with Crippen LogP contribution in [0.2, 0.25) is 0 Å². The Bertz CT molecular complexity index is 801. The van der Waals surface area contributed by atoms with E-state index < -0.39 is 0 Å². The molecule has 0 bridgehead atoms. The van der Waals surface area contributed by atoms with Gasteiger partial charge in [-0.25, -0.2) is 4.98 Å². The van der Waals surface area contributed by atoms with Crippen LogP contribution in [0.3, 0.4) is 0 Å². The molecule has 0 N–H and O–H groups in total. The van der Waals surface area contributed by atoms with Crippen LogP contribution in [0.25, 0.3) is 0 Å². The second-order valence-corrected chi connectivity index (χ2v) is 7.91. The Morgan fingerprint density at radius 2 is 2.22 bits per heavy atom. The first-order chi connectivity index (χ1) is 13.1. The highest BCUT2D eigenvalue weighted by atomic mass is 32.2. The van der Waals surface area contributed by atoms with Crippen molar-refractivity contribution in [2.24, 2.45) is 0 Å². The third-order valence-corrected chi connectivity index (χ3v) is 6.08. The molecule has 2 aromatic heterocycles. The van der Waals surface area contributed by atoms with Crippen LogP contribution in [0.15, 0.2) is 28.0 Å². The molecule has 0 atom stereocenters. The summed E-state index contributed by atoms with van der Waals surface area (Å²) < 4.78 is 7.69. The van der Waals surface area contributed by atoms with Gasteiger partial charge < -0.3 is 13.9 Å². The van der Waals surface area contributed by atoms with E-state index in [9.17, 15) is 4.79 Å². The summed E-state index contributed by atoms with van der Waals surface area (Å²) in [5.41, 5.74) is 2.24. The number of rotatable bonds is 8. The molecule has 2 aromatic rings. The number of thioether (sulfide) groups is 1. The van der Waals surface area contributed by atoms with Gasteiger partial charge in [-0.05, 0) is 38.8 Å². The lowest BCUT2D eigenvalue weighted by atomic mass is 10.2. The third kappa shape index (κ3) is 4.75. The normalized spacial score (nSPS) is 14.4. The van der Waals surface area contributed by atoms with Gasteiger partial charge in [0.1, 0.15) is 5.76 Å². The van der Waals surface area contributed by atoms with Crippen molar-refractivity contribution in [3.8, 4) is 6.07 Å². The van der Waals surface area contributed by atoms with Crippen molar-refractivity contribution in [2.45, 2.75) is 63.7 Å². The molecule has 0 radical (unpaired) electrons. The highest BCUT2D eigenvalue weighted by molar-refractivity contribution is 7.99. The maximum absolute atomic E-state index is 12.8. The molecule has 1 aliphatic carbocycles. The highest BCUT2D eigenvalue weighted by Crippen LogP contribution is 2.35. The quantitative estimate of drug-likeness (QED) is 0.634. The predicted molar refractivity (Wildman–Crippen MR) is 104 cm³/mol. The molecular formula is C20H26N4O2S. The smallest absolute Gasteiger partial charge is 0.233 e. The second kappa shape index (κ2) is 9.14. The maximum atomic E-state index is 12.8. The Hall–Kier alpha value is -2.20. The van der Waals surface area contributed by atoms with Crippen molar-refractivity contribution in [1.82, 2.24) is 14.5 Å². The number of aromatic nitrogens is 2. The van der Waals surface area contributed by atoms with Gasteiger partial charge in [-0.2, -0.15) is 5.26 Å². The van der Waals surface area contributed by atoms with E-state index in [0.29, 0.717) is 31.3 Å². The molecule has 0 unspecified atom stereocenters. The molecule has 0 aliphatic heterocycles. The van der Waals surface area contributed by atoms with Gasteiger partial charge in [-0.1, -0.05) is 24.6 Å². The standard InChI is InChI=1S/C20H26N4O2S/c1-15-16(2)24(17-7-3-4-8-17)20(22-15)27-14-19(25)23(11-6-10-21)13-18-9-5-12-26-18/h5,9,12,17H,3-4,6-8,11,13-14H2,1-2H3. The summed E-state index contributed by atoms with van der Waals surface area (Å²) in [7, 11) is 0. The largest absolute Gasteiger partial charge is 0.467 e. The molecule has 2 heterocycles. The average Bonchev–Trinajstić information content (AvgIpc) is 3.40. The summed E-state index contributed by atoms with van der Waals surface area (Å²) in [6.45, 7) is 4.94. The van der Waals surface area contributed by atoms with Gasteiger partial charge in [0.15, 0.2) is 5.16 Å². The first-order valence-corrected chi connectivity index (χ1v) is 10.4. The first kappa shape index (κ1) is 19.6. The Labute approximate surface area is 164 Å². The lowest BCUT2D eigenvalue weighted by Crippen LogP contribution is -2.32. The second-order valence-electron chi connectivity index (χ2n) is 6.96. The van der Waals surface area contributed by atoms with Crippen LogP contribution in [0.1, 0.15) is 55.3 Å². The number of nitrogens with zero attached hydrogens (tertiary/aromatic N) is 4. The molecule has 3 rings (SSSR count). The lowest BCUT2D eigenvalue weighted by molar-refractivity contribution is -0.129. The topological polar surface area (TPSA) is 75.1 Å². The van der Waals surface area contributed by atoms with Crippen LogP contribution in [0.4, 0.5) is 0 Å². The van der Waals surface area contributed by atoms with Crippen molar-refractivity contribution in [2.75, 3.05) is 12.3 Å². The number of amides is 1. The molecule has 27 heavy (non-hydrogen) atoms. The van der Waals surface area contributed by atoms with E-state index in [-0.39, 0.29) is 5.91 Å². The number of nitriles is 1. The highest BCUT2D eigenvalue weighted by Gasteiger charge is 2.24. The first-order valence-electron chi connectivity index (χ1n) is 9.45. The number of carbonyl (C=O) groups is 1. The molecule has 1 aliphatic rings. The van der Waals surface area contributed by atoms with Crippen LogP contribution in [-0.4, -0.2) is 32.7 Å². The minimum Gasteiger partial charge on any atom is -0.467 e. The molecule has 1 saturated carbocycles. The molecule has 6 nitrogen and oxygen atoms in total. The molecule has 1 fully saturated rings. The molecular weight excluding hydrogens is 360 g/mol. The predicted octanol–water partition coefficient (Wildman–Crippen LogP) is 4.24. The van der Waals surface area contributed by atoms with Crippen molar-refractivity contribution < 1.29 is 9.21 Å². The number of hydrogen-bond acceptors (Lipinski definition) is 5. The fourth-order valence-electron chi connectivity index (χ4n) is 3.58. The van der Waals surface area contributed by atoms with Gasteiger partial charge in [-0.3, -0.25) is 4.79 Å². The van der Waals surface area contributed by atoms with Gasteiger partial charge in [-0.15, -0.1) is 0 Å². The summed E-state index contributed by atoms with van der Waals surface area (Å²) in [6.07, 6.45) is 6.80. The summed E-state index contributed by atoms with van der Waals surface area (Å²) in [5, 5.41) is 9.83. The fraction of sp³-hybridized carbons (Fsp3) is 0.550. The summed E-state index contributed by atoms with van der Waals surface area (Å²) in [4.78, 5) is 19.2. The minimum absolute atomic E-state index is 0.00271. The summed E-state index contributed by atoms with van der Waals surface area (Å²) in [6, 6.07) is 6.27. The van der Waals surface area contributed by atoms with Crippen molar-refractivity contribution in [3.63, 3.8) is 0 Å². The van der Waals surface area contributed by atoms with Crippen LogP contribution in [-0.2, 0) is 11.3 Å². The van der Waals surface area contributed by atoms with Crippen LogP contribution < -0.4 is 0 Å². The van der Waals surface area contributed by atoms with E-state index in [1.54, 1.807) is 17.2 Å². The van der Waals surface area contributed by atoms with Gasteiger partial charge in [0.2, 0.25) is 5.91 Å². The lowest BCUT2D eigenvalue weighted by Gasteiger charge is -2.21. The van der Waals surface area contributed by atoms with E-state index in [4.69, 9.17) is 14.7 Å². The average molecular weight is 387 g/mol. The number of hydrogen-bond donors (Lipinski definition) is 0. The Morgan fingerprint density at radius 1 is 1.44 bits per heavy atom. The molecule has 7 heteroatoms. The van der Waals surface area contributed by atoms with E-state index >= 15 is 0 Å². The zero-order valence-corrected chi connectivity index (χ0v) is 16.8. The van der Waals surface area contributed by atoms with E-state index in [2.05, 4.69) is 17.6 Å². The molecule has 0 saturated heterocycles. The number of furan rings is 1. The van der Waals surface area contributed by atoms with Crippen LogP contribution >= 0.6 is 11.8 Å². The SMILES string of the molecule is Cc1nc(SCC(=O)N(CCC#N)Cc2ccco2)n(C2CCCC2)c1C. The maximum Gasteiger partial charge on any atom is 0.233 e. The van der Waals surface area contributed by atoms with E-state index in [0.717, 1.165) is 16.6 Å². The number of imidazole rings is 1. The Kier molecular flexibility index (Phi) is 6.62. The molecule has 0 spiro atoms. The van der Waals surface area contributed by atoms with Crippen molar-refractivity contribution in [3.05, 3.63) is 35.5 Å². The number of aryl methyl sites for hydroxylation is 1. The van der Waals surface area contributed by atoms with E-state index in [1.807, 2.05) is 13.0 Å². The van der Waals surface area contributed by atoms with Crippen LogP contribution in [0, 0.1) is 25.2 Å². The van der Waals surface area contributed by atoms with Gasteiger partial charge in [0.05, 0.1) is 36.7 Å². The van der Waals surface area contributed by atoms with Crippen molar-refractivity contribution >= 4 is 17.7 Å². The van der Waals surface area contributed by atoms with Gasteiger partial charge in [0, 0.05) is 18.3 Å². The summed E-state index contributed by atoms with van der Waals surface area (Å²) >= 11 is 1.50.